The van der Waals surface area contributed by atoms with E-state index in [1.54, 1.807) is 5.57 Å². The lowest BCUT2D eigenvalue weighted by Crippen LogP contribution is -2.29. The first-order valence-electron chi connectivity index (χ1n) is 7.68. The third kappa shape index (κ3) is 4.09. The number of nitrogens with two attached hydrogens (primary N) is 1. The maximum atomic E-state index is 5.93. The van der Waals surface area contributed by atoms with Gasteiger partial charge in [0.2, 0.25) is 0 Å². The Labute approximate surface area is 122 Å². The van der Waals surface area contributed by atoms with E-state index in [-0.39, 0.29) is 6.04 Å². The van der Waals surface area contributed by atoms with Crippen molar-refractivity contribution in [3.05, 3.63) is 41.5 Å². The molecule has 20 heavy (non-hydrogen) atoms. The largest absolute Gasteiger partial charge is 0.494 e. The normalized spacial score (nSPS) is 16.0. The summed E-state index contributed by atoms with van der Waals surface area (Å²) >= 11 is 0. The first-order chi connectivity index (χ1) is 9.85. The average molecular weight is 274 g/mol. The first-order valence-corrected chi connectivity index (χ1v) is 7.68. The Morgan fingerprint density at radius 1 is 1.35 bits per heavy atom. The molecular weight excluding hydrogens is 248 g/mol. The molecule has 1 aromatic carbocycles. The SMILES string of the molecule is CCOc1ccccc1C(CN)NCCC1=CCCC1. The second-order valence-corrected chi connectivity index (χ2v) is 5.22. The van der Waals surface area contributed by atoms with Crippen molar-refractivity contribution in [3.8, 4) is 5.75 Å². The van der Waals surface area contributed by atoms with E-state index in [1.165, 1.54) is 19.3 Å². The van der Waals surface area contributed by atoms with E-state index in [4.69, 9.17) is 10.5 Å². The molecule has 0 amide bonds. The van der Waals surface area contributed by atoms with Crippen LogP contribution in [0.25, 0.3) is 0 Å². The van der Waals surface area contributed by atoms with E-state index in [2.05, 4.69) is 17.5 Å². The van der Waals surface area contributed by atoms with E-state index in [1.807, 2.05) is 25.1 Å². The second kappa shape index (κ2) is 8.08. The van der Waals surface area contributed by atoms with Crippen molar-refractivity contribution < 1.29 is 4.74 Å². The van der Waals surface area contributed by atoms with Crippen molar-refractivity contribution in [1.29, 1.82) is 0 Å². The van der Waals surface area contributed by atoms with Crippen LogP contribution in [0.4, 0.5) is 0 Å². The molecule has 110 valence electrons. The van der Waals surface area contributed by atoms with Crippen LogP contribution in [0.3, 0.4) is 0 Å². The third-order valence-corrected chi connectivity index (χ3v) is 3.80. The van der Waals surface area contributed by atoms with Crippen LogP contribution in [0.15, 0.2) is 35.9 Å². The van der Waals surface area contributed by atoms with Gasteiger partial charge in [-0.25, -0.2) is 0 Å². The summed E-state index contributed by atoms with van der Waals surface area (Å²) in [7, 11) is 0. The first kappa shape index (κ1) is 15.1. The van der Waals surface area contributed by atoms with Gasteiger partial charge in [-0.3, -0.25) is 0 Å². The number of benzene rings is 1. The van der Waals surface area contributed by atoms with Crippen LogP contribution in [0.2, 0.25) is 0 Å². The molecule has 2 rings (SSSR count). The monoisotopic (exact) mass is 274 g/mol. The van der Waals surface area contributed by atoms with Crippen molar-refractivity contribution in [3.63, 3.8) is 0 Å². The van der Waals surface area contributed by atoms with Crippen molar-refractivity contribution in [2.45, 2.75) is 38.6 Å². The van der Waals surface area contributed by atoms with Gasteiger partial charge in [-0.2, -0.15) is 0 Å². The highest BCUT2D eigenvalue weighted by Gasteiger charge is 2.14. The molecule has 0 saturated carbocycles. The summed E-state index contributed by atoms with van der Waals surface area (Å²) < 4.78 is 5.69. The van der Waals surface area contributed by atoms with Crippen LogP contribution < -0.4 is 15.8 Å². The van der Waals surface area contributed by atoms with Crippen molar-refractivity contribution in [1.82, 2.24) is 5.32 Å². The smallest absolute Gasteiger partial charge is 0.124 e. The van der Waals surface area contributed by atoms with Crippen LogP contribution in [0.5, 0.6) is 5.75 Å². The number of para-hydroxylation sites is 1. The summed E-state index contributed by atoms with van der Waals surface area (Å²) in [6.45, 7) is 4.26. The average Bonchev–Trinajstić information content (AvgIpc) is 2.98. The Morgan fingerprint density at radius 3 is 2.90 bits per heavy atom. The third-order valence-electron chi connectivity index (χ3n) is 3.80. The highest BCUT2D eigenvalue weighted by molar-refractivity contribution is 5.36. The lowest BCUT2D eigenvalue weighted by molar-refractivity contribution is 0.331. The molecule has 0 heterocycles. The van der Waals surface area contributed by atoms with Gasteiger partial charge < -0.3 is 15.8 Å². The molecule has 3 heteroatoms. The number of nitrogens with one attached hydrogen (secondary N) is 1. The standard InChI is InChI=1S/C17H26N2O/c1-2-20-17-10-6-5-9-15(17)16(13-18)19-12-11-14-7-3-4-8-14/h5-7,9-10,16,19H,2-4,8,11-13,18H2,1H3. The Kier molecular flexibility index (Phi) is 6.09. The van der Waals surface area contributed by atoms with E-state index in [9.17, 15) is 0 Å². The van der Waals surface area contributed by atoms with Gasteiger partial charge in [-0.15, -0.1) is 0 Å². The van der Waals surface area contributed by atoms with E-state index < -0.39 is 0 Å². The van der Waals surface area contributed by atoms with Gasteiger partial charge in [0, 0.05) is 18.2 Å². The minimum Gasteiger partial charge on any atom is -0.494 e. The zero-order valence-electron chi connectivity index (χ0n) is 12.4. The topological polar surface area (TPSA) is 47.3 Å². The van der Waals surface area contributed by atoms with Gasteiger partial charge in [0.15, 0.2) is 0 Å². The Balaban J connectivity index is 1.93. The van der Waals surface area contributed by atoms with Gasteiger partial charge in [-0.05, 0) is 45.2 Å². The Bertz CT molecular complexity index is 442. The molecule has 1 aliphatic rings. The lowest BCUT2D eigenvalue weighted by Gasteiger charge is -2.20. The van der Waals surface area contributed by atoms with Crippen LogP contribution in [-0.2, 0) is 0 Å². The number of hydrogen-bond donors (Lipinski definition) is 2. The minimum atomic E-state index is 0.166. The van der Waals surface area contributed by atoms with Gasteiger partial charge >= 0.3 is 0 Å². The molecule has 1 aromatic rings. The fourth-order valence-electron chi connectivity index (χ4n) is 2.75. The molecule has 0 radical (unpaired) electrons. The molecule has 1 aliphatic carbocycles. The van der Waals surface area contributed by atoms with Gasteiger partial charge in [0.05, 0.1) is 6.61 Å². The van der Waals surface area contributed by atoms with E-state index in [0.717, 1.165) is 24.3 Å². The van der Waals surface area contributed by atoms with E-state index >= 15 is 0 Å². The molecule has 1 unspecified atom stereocenters. The number of ether oxygens (including phenoxy) is 1. The Morgan fingerprint density at radius 2 is 2.20 bits per heavy atom. The molecule has 3 nitrogen and oxygen atoms in total. The summed E-state index contributed by atoms with van der Waals surface area (Å²) in [6, 6.07) is 8.33. The summed E-state index contributed by atoms with van der Waals surface area (Å²) in [6.07, 6.45) is 7.36. The summed E-state index contributed by atoms with van der Waals surface area (Å²) in [5.74, 6) is 0.943. The molecule has 1 atom stereocenters. The maximum Gasteiger partial charge on any atom is 0.124 e. The summed E-state index contributed by atoms with van der Waals surface area (Å²) in [4.78, 5) is 0. The molecular formula is C17H26N2O. The quantitative estimate of drug-likeness (QED) is 0.716. The van der Waals surface area contributed by atoms with Crippen molar-refractivity contribution in [2.75, 3.05) is 19.7 Å². The molecule has 0 saturated heterocycles. The molecule has 0 fully saturated rings. The van der Waals surface area contributed by atoms with Crippen LogP contribution in [0.1, 0.15) is 44.2 Å². The van der Waals surface area contributed by atoms with E-state index in [0.29, 0.717) is 13.2 Å². The van der Waals surface area contributed by atoms with Gasteiger partial charge in [-0.1, -0.05) is 29.8 Å². The predicted octanol–water partition coefficient (Wildman–Crippen LogP) is 3.18. The summed E-state index contributed by atoms with van der Waals surface area (Å²) in [5.41, 5.74) is 8.68. The number of hydrogen-bond acceptors (Lipinski definition) is 3. The molecule has 3 N–H and O–H groups in total. The molecule has 0 aliphatic heterocycles. The highest BCUT2D eigenvalue weighted by atomic mass is 16.5. The number of rotatable bonds is 8. The Hall–Kier alpha value is -1.32. The van der Waals surface area contributed by atoms with Crippen molar-refractivity contribution >= 4 is 0 Å². The van der Waals surface area contributed by atoms with Crippen molar-refractivity contribution in [2.24, 2.45) is 5.73 Å². The molecule has 0 bridgehead atoms. The molecule has 0 aromatic heterocycles. The second-order valence-electron chi connectivity index (χ2n) is 5.22. The van der Waals surface area contributed by atoms with Crippen LogP contribution in [0, 0.1) is 0 Å². The fraction of sp³-hybridized carbons (Fsp3) is 0.529. The molecule has 0 spiro atoms. The van der Waals surface area contributed by atoms with Gasteiger partial charge in [0.25, 0.3) is 0 Å². The lowest BCUT2D eigenvalue weighted by atomic mass is 10.0. The van der Waals surface area contributed by atoms with Gasteiger partial charge in [0.1, 0.15) is 5.75 Å². The highest BCUT2D eigenvalue weighted by Crippen LogP contribution is 2.25. The fourth-order valence-corrected chi connectivity index (χ4v) is 2.75. The zero-order valence-corrected chi connectivity index (χ0v) is 12.4. The minimum absolute atomic E-state index is 0.166. The van der Waals surface area contributed by atoms with Crippen LogP contribution in [-0.4, -0.2) is 19.7 Å². The summed E-state index contributed by atoms with van der Waals surface area (Å²) in [5, 5.41) is 3.57. The maximum absolute atomic E-state index is 5.93. The number of allylic oxidation sites excluding steroid dienone is 1. The zero-order chi connectivity index (χ0) is 14.2. The predicted molar refractivity (Wildman–Crippen MR) is 84.0 cm³/mol. The van der Waals surface area contributed by atoms with Crippen LogP contribution >= 0.6 is 0 Å².